The van der Waals surface area contributed by atoms with E-state index in [1.54, 1.807) is 7.11 Å². The molecule has 2 heterocycles. The van der Waals surface area contributed by atoms with Gasteiger partial charge in [-0.25, -0.2) is 0 Å². The predicted molar refractivity (Wildman–Crippen MR) is 79.2 cm³/mol. The Hall–Kier alpha value is -1.22. The van der Waals surface area contributed by atoms with E-state index in [2.05, 4.69) is 48.9 Å². The van der Waals surface area contributed by atoms with Crippen molar-refractivity contribution in [1.29, 1.82) is 0 Å². The normalized spacial score (nSPS) is 30.1. The largest absolute Gasteiger partial charge is 0.497 e. The van der Waals surface area contributed by atoms with Crippen LogP contribution in [0, 0.1) is 5.92 Å². The van der Waals surface area contributed by atoms with E-state index in [9.17, 15) is 0 Å². The fraction of sp³-hybridized carbons (Fsp3) is 0.625. The second kappa shape index (κ2) is 4.71. The van der Waals surface area contributed by atoms with Crippen LogP contribution in [0.4, 0.5) is 5.69 Å². The molecule has 2 aliphatic heterocycles. The molecule has 3 nitrogen and oxygen atoms in total. The van der Waals surface area contributed by atoms with Crippen LogP contribution >= 0.6 is 0 Å². The highest BCUT2D eigenvalue weighted by molar-refractivity contribution is 5.61. The van der Waals surface area contributed by atoms with Crippen LogP contribution in [-0.2, 0) is 0 Å². The van der Waals surface area contributed by atoms with Gasteiger partial charge in [-0.15, -0.1) is 0 Å². The van der Waals surface area contributed by atoms with Gasteiger partial charge in [0, 0.05) is 37.3 Å². The summed E-state index contributed by atoms with van der Waals surface area (Å²) in [6, 6.07) is 7.21. The number of likely N-dealkylation sites (N-methyl/N-ethyl adjacent to an activating group) is 1. The molecule has 3 atom stereocenters. The van der Waals surface area contributed by atoms with E-state index in [4.69, 9.17) is 4.74 Å². The summed E-state index contributed by atoms with van der Waals surface area (Å²) in [4.78, 5) is 5.02. The number of hydrogen-bond donors (Lipinski definition) is 0. The van der Waals surface area contributed by atoms with Crippen LogP contribution in [-0.4, -0.2) is 44.7 Å². The van der Waals surface area contributed by atoms with Crippen molar-refractivity contribution >= 4 is 5.69 Å². The van der Waals surface area contributed by atoms with Crippen LogP contribution in [0.5, 0.6) is 5.75 Å². The Bertz CT molecular complexity index is 474. The van der Waals surface area contributed by atoms with Crippen molar-refractivity contribution in [3.8, 4) is 5.75 Å². The molecule has 0 radical (unpaired) electrons. The van der Waals surface area contributed by atoms with E-state index in [1.165, 1.54) is 24.3 Å². The van der Waals surface area contributed by atoms with Gasteiger partial charge in [-0.2, -0.15) is 0 Å². The molecule has 0 aromatic heterocycles. The van der Waals surface area contributed by atoms with E-state index in [-0.39, 0.29) is 0 Å². The smallest absolute Gasteiger partial charge is 0.119 e. The van der Waals surface area contributed by atoms with Gasteiger partial charge in [0.1, 0.15) is 5.75 Å². The zero-order valence-electron chi connectivity index (χ0n) is 12.4. The molecule has 1 saturated heterocycles. The lowest BCUT2D eigenvalue weighted by Gasteiger charge is -2.43. The molecule has 0 bridgehead atoms. The molecule has 3 heteroatoms. The van der Waals surface area contributed by atoms with Crippen molar-refractivity contribution in [3.05, 3.63) is 23.8 Å². The van der Waals surface area contributed by atoms with E-state index in [1.807, 2.05) is 0 Å². The molecule has 3 unspecified atom stereocenters. The van der Waals surface area contributed by atoms with Crippen molar-refractivity contribution in [2.75, 3.05) is 38.7 Å². The summed E-state index contributed by atoms with van der Waals surface area (Å²) in [5, 5.41) is 0. The van der Waals surface area contributed by atoms with Crippen LogP contribution in [0.25, 0.3) is 0 Å². The zero-order valence-corrected chi connectivity index (χ0v) is 12.4. The van der Waals surface area contributed by atoms with Crippen molar-refractivity contribution < 1.29 is 4.74 Å². The molecule has 0 spiro atoms. The first-order chi connectivity index (χ1) is 9.15. The minimum atomic E-state index is 0.626. The standard InChI is InChI=1S/C16H24N2O/c1-5-18-11(2)14-9-17(3)10-15(14)13-8-12(19-4)6-7-16(13)18/h6-8,11,14-15H,5,9-10H2,1-4H3. The average molecular weight is 260 g/mol. The van der Waals surface area contributed by atoms with Crippen molar-refractivity contribution in [2.24, 2.45) is 5.92 Å². The second-order valence-electron chi connectivity index (χ2n) is 5.94. The first-order valence-corrected chi connectivity index (χ1v) is 7.28. The van der Waals surface area contributed by atoms with Gasteiger partial charge in [-0.1, -0.05) is 0 Å². The molecule has 19 heavy (non-hydrogen) atoms. The number of rotatable bonds is 2. The fourth-order valence-electron chi connectivity index (χ4n) is 3.98. The Kier molecular flexibility index (Phi) is 3.17. The number of likely N-dealkylation sites (tertiary alicyclic amines) is 1. The summed E-state index contributed by atoms with van der Waals surface area (Å²) in [5.41, 5.74) is 2.89. The summed E-state index contributed by atoms with van der Waals surface area (Å²) in [6.07, 6.45) is 0. The van der Waals surface area contributed by atoms with Crippen LogP contribution < -0.4 is 9.64 Å². The maximum absolute atomic E-state index is 5.42. The van der Waals surface area contributed by atoms with E-state index in [0.717, 1.165) is 18.2 Å². The summed E-state index contributed by atoms with van der Waals surface area (Å²) in [5.74, 6) is 2.38. The molecular formula is C16H24N2O. The van der Waals surface area contributed by atoms with Crippen molar-refractivity contribution in [2.45, 2.75) is 25.8 Å². The average Bonchev–Trinajstić information content (AvgIpc) is 2.81. The van der Waals surface area contributed by atoms with Gasteiger partial charge >= 0.3 is 0 Å². The predicted octanol–water partition coefficient (Wildman–Crippen LogP) is 2.57. The fourth-order valence-corrected chi connectivity index (χ4v) is 3.98. The topological polar surface area (TPSA) is 15.7 Å². The van der Waals surface area contributed by atoms with Gasteiger partial charge in [-0.3, -0.25) is 0 Å². The maximum Gasteiger partial charge on any atom is 0.119 e. The first-order valence-electron chi connectivity index (χ1n) is 7.28. The number of nitrogens with zero attached hydrogens (tertiary/aromatic N) is 2. The van der Waals surface area contributed by atoms with Crippen molar-refractivity contribution in [1.82, 2.24) is 4.90 Å². The van der Waals surface area contributed by atoms with Crippen LogP contribution in [0.1, 0.15) is 25.3 Å². The minimum absolute atomic E-state index is 0.626. The van der Waals surface area contributed by atoms with Gasteiger partial charge in [0.25, 0.3) is 0 Å². The Labute approximate surface area is 116 Å². The number of methoxy groups -OCH3 is 1. The lowest BCUT2D eigenvalue weighted by molar-refractivity contribution is 0.359. The first kappa shape index (κ1) is 12.8. The Balaban J connectivity index is 2.09. The molecule has 2 aliphatic rings. The molecule has 1 aromatic carbocycles. The quantitative estimate of drug-likeness (QED) is 0.813. The van der Waals surface area contributed by atoms with Crippen molar-refractivity contribution in [3.63, 3.8) is 0 Å². The third-order valence-corrected chi connectivity index (χ3v) is 4.94. The monoisotopic (exact) mass is 260 g/mol. The third-order valence-electron chi connectivity index (χ3n) is 4.94. The number of fused-ring (bicyclic) bond motifs is 3. The van der Waals surface area contributed by atoms with Gasteiger partial charge in [0.05, 0.1) is 7.11 Å². The van der Waals surface area contributed by atoms with Crippen LogP contribution in [0.3, 0.4) is 0 Å². The molecule has 1 aromatic rings. The van der Waals surface area contributed by atoms with E-state index in [0.29, 0.717) is 12.0 Å². The third kappa shape index (κ3) is 1.91. The highest BCUT2D eigenvalue weighted by Crippen LogP contribution is 2.46. The highest BCUT2D eigenvalue weighted by Gasteiger charge is 2.42. The zero-order chi connectivity index (χ0) is 13.6. The summed E-state index contributed by atoms with van der Waals surface area (Å²) in [6.45, 7) is 8.09. The molecule has 104 valence electrons. The lowest BCUT2D eigenvalue weighted by atomic mass is 9.79. The SMILES string of the molecule is CCN1c2ccc(OC)cc2C2CN(C)CC2C1C. The molecular weight excluding hydrogens is 236 g/mol. The summed E-state index contributed by atoms with van der Waals surface area (Å²) < 4.78 is 5.42. The minimum Gasteiger partial charge on any atom is -0.497 e. The van der Waals surface area contributed by atoms with Crippen LogP contribution in [0.15, 0.2) is 18.2 Å². The molecule has 1 fully saturated rings. The Morgan fingerprint density at radius 1 is 1.32 bits per heavy atom. The van der Waals surface area contributed by atoms with E-state index < -0.39 is 0 Å². The number of benzene rings is 1. The maximum atomic E-state index is 5.42. The lowest BCUT2D eigenvalue weighted by Crippen LogP contribution is -2.45. The number of hydrogen-bond acceptors (Lipinski definition) is 3. The summed E-state index contributed by atoms with van der Waals surface area (Å²) >= 11 is 0. The molecule has 0 N–H and O–H groups in total. The molecule has 0 amide bonds. The summed E-state index contributed by atoms with van der Waals surface area (Å²) in [7, 11) is 3.99. The molecule has 3 rings (SSSR count). The van der Waals surface area contributed by atoms with E-state index >= 15 is 0 Å². The highest BCUT2D eigenvalue weighted by atomic mass is 16.5. The Morgan fingerprint density at radius 2 is 2.11 bits per heavy atom. The Morgan fingerprint density at radius 3 is 2.79 bits per heavy atom. The van der Waals surface area contributed by atoms with Gasteiger partial charge in [0.15, 0.2) is 0 Å². The van der Waals surface area contributed by atoms with Gasteiger partial charge in [0.2, 0.25) is 0 Å². The number of ether oxygens (including phenoxy) is 1. The molecule has 0 saturated carbocycles. The van der Waals surface area contributed by atoms with Gasteiger partial charge in [-0.05, 0) is 50.6 Å². The van der Waals surface area contributed by atoms with Gasteiger partial charge < -0.3 is 14.5 Å². The molecule has 0 aliphatic carbocycles. The van der Waals surface area contributed by atoms with Crippen LogP contribution in [0.2, 0.25) is 0 Å². The number of anilines is 1. The second-order valence-corrected chi connectivity index (χ2v) is 5.94.